The Labute approximate surface area is 176 Å². The van der Waals surface area contributed by atoms with Crippen molar-refractivity contribution in [3.8, 4) is 0 Å². The highest BCUT2D eigenvalue weighted by molar-refractivity contribution is 7.14. The van der Waals surface area contributed by atoms with Crippen molar-refractivity contribution in [3.05, 3.63) is 80.0 Å². The first kappa shape index (κ1) is 20.2. The molecule has 0 aliphatic rings. The smallest absolute Gasteiger partial charge is 0.265 e. The molecule has 0 saturated heterocycles. The second-order valence-electron chi connectivity index (χ2n) is 5.81. The van der Waals surface area contributed by atoms with Crippen LogP contribution in [0.2, 0.25) is 10.0 Å². The van der Waals surface area contributed by atoms with Gasteiger partial charge in [-0.3, -0.25) is 4.79 Å². The molecule has 0 saturated carbocycles. The zero-order chi connectivity index (χ0) is 19.9. The fraction of sp³-hybridized carbons (Fsp3) is 0.100. The van der Waals surface area contributed by atoms with E-state index in [4.69, 9.17) is 33.8 Å². The molecule has 1 aromatic heterocycles. The molecule has 2 aromatic carbocycles. The molecule has 3 rings (SSSR count). The molecule has 28 heavy (non-hydrogen) atoms. The molecule has 0 spiro atoms. The number of oxime groups is 1. The largest absolute Gasteiger partial charge is 0.397 e. The minimum absolute atomic E-state index is 0.213. The SMILES string of the molecule is Nc1ccccc1NC(=O)c1ccc(CO/N=C/Cc2ccc(Cl)cc2Cl)s1. The number of hydrogen-bond acceptors (Lipinski definition) is 5. The van der Waals surface area contributed by atoms with E-state index in [1.54, 1.807) is 36.5 Å². The van der Waals surface area contributed by atoms with Crippen molar-refractivity contribution < 1.29 is 9.63 Å². The highest BCUT2D eigenvalue weighted by Gasteiger charge is 2.11. The van der Waals surface area contributed by atoms with E-state index in [-0.39, 0.29) is 12.5 Å². The average molecular weight is 434 g/mol. The van der Waals surface area contributed by atoms with Crippen molar-refractivity contribution in [1.29, 1.82) is 0 Å². The van der Waals surface area contributed by atoms with Crippen LogP contribution >= 0.6 is 34.5 Å². The molecule has 8 heteroatoms. The van der Waals surface area contributed by atoms with Crippen molar-refractivity contribution in [2.24, 2.45) is 5.16 Å². The third kappa shape index (κ3) is 5.48. The van der Waals surface area contributed by atoms with E-state index in [9.17, 15) is 4.79 Å². The first-order valence-electron chi connectivity index (χ1n) is 8.35. The van der Waals surface area contributed by atoms with Crippen LogP contribution in [0.25, 0.3) is 0 Å². The first-order valence-corrected chi connectivity index (χ1v) is 9.92. The number of para-hydroxylation sites is 2. The lowest BCUT2D eigenvalue weighted by Crippen LogP contribution is -2.11. The van der Waals surface area contributed by atoms with Crippen LogP contribution in [0.5, 0.6) is 0 Å². The number of carbonyl (C=O) groups excluding carboxylic acids is 1. The van der Waals surface area contributed by atoms with Gasteiger partial charge < -0.3 is 15.9 Å². The quantitative estimate of drug-likeness (QED) is 0.287. The van der Waals surface area contributed by atoms with Gasteiger partial charge in [-0.05, 0) is 42.0 Å². The second-order valence-corrected chi connectivity index (χ2v) is 7.82. The van der Waals surface area contributed by atoms with Gasteiger partial charge in [-0.25, -0.2) is 0 Å². The zero-order valence-corrected chi connectivity index (χ0v) is 17.0. The molecular formula is C20H17Cl2N3O2S. The average Bonchev–Trinajstić information content (AvgIpc) is 3.14. The fourth-order valence-electron chi connectivity index (χ4n) is 2.35. The fourth-order valence-corrected chi connectivity index (χ4v) is 3.64. The molecule has 5 nitrogen and oxygen atoms in total. The molecular weight excluding hydrogens is 417 g/mol. The third-order valence-electron chi connectivity index (χ3n) is 3.78. The van der Waals surface area contributed by atoms with E-state index in [2.05, 4.69) is 10.5 Å². The van der Waals surface area contributed by atoms with E-state index in [0.29, 0.717) is 32.7 Å². The number of nitrogens with two attached hydrogens (primary N) is 1. The molecule has 144 valence electrons. The molecule has 0 aliphatic carbocycles. The number of amides is 1. The topological polar surface area (TPSA) is 76.7 Å². The zero-order valence-electron chi connectivity index (χ0n) is 14.7. The van der Waals surface area contributed by atoms with Crippen molar-refractivity contribution in [2.45, 2.75) is 13.0 Å². The van der Waals surface area contributed by atoms with Gasteiger partial charge in [-0.15, -0.1) is 11.3 Å². The van der Waals surface area contributed by atoms with Gasteiger partial charge in [0.1, 0.15) is 0 Å². The van der Waals surface area contributed by atoms with Crippen LogP contribution < -0.4 is 11.1 Å². The Morgan fingerprint density at radius 3 is 2.79 bits per heavy atom. The summed E-state index contributed by atoms with van der Waals surface area (Å²) in [6.07, 6.45) is 2.17. The Bertz CT molecular complexity index is 1000. The molecule has 3 aromatic rings. The summed E-state index contributed by atoms with van der Waals surface area (Å²) in [6.45, 7) is 0.274. The highest BCUT2D eigenvalue weighted by Crippen LogP contribution is 2.22. The van der Waals surface area contributed by atoms with Gasteiger partial charge in [0, 0.05) is 27.6 Å². The second kappa shape index (κ2) is 9.59. The normalized spacial score (nSPS) is 10.9. The van der Waals surface area contributed by atoms with Gasteiger partial charge >= 0.3 is 0 Å². The number of benzene rings is 2. The molecule has 0 aliphatic heterocycles. The summed E-state index contributed by atoms with van der Waals surface area (Å²) < 4.78 is 0. The molecule has 0 atom stereocenters. The number of hydrogen-bond donors (Lipinski definition) is 2. The van der Waals surface area contributed by atoms with Gasteiger partial charge in [0.15, 0.2) is 6.61 Å². The summed E-state index contributed by atoms with van der Waals surface area (Å²) in [5, 5.41) is 7.91. The van der Waals surface area contributed by atoms with E-state index < -0.39 is 0 Å². The van der Waals surface area contributed by atoms with Crippen LogP contribution in [0.1, 0.15) is 20.1 Å². The number of anilines is 2. The summed E-state index contributed by atoms with van der Waals surface area (Å²) in [7, 11) is 0. The van der Waals surface area contributed by atoms with Crippen LogP contribution in [0.4, 0.5) is 11.4 Å². The lowest BCUT2D eigenvalue weighted by Gasteiger charge is -2.06. The summed E-state index contributed by atoms with van der Waals surface area (Å²) in [6, 6.07) is 16.0. The number of thiophene rings is 1. The predicted molar refractivity (Wildman–Crippen MR) is 117 cm³/mol. The Hall–Kier alpha value is -2.54. The van der Waals surface area contributed by atoms with E-state index in [1.165, 1.54) is 11.3 Å². The van der Waals surface area contributed by atoms with Crippen molar-refractivity contribution in [1.82, 2.24) is 0 Å². The molecule has 0 fully saturated rings. The van der Waals surface area contributed by atoms with Crippen LogP contribution in [0.3, 0.4) is 0 Å². The van der Waals surface area contributed by atoms with Gasteiger partial charge in [0.2, 0.25) is 0 Å². The summed E-state index contributed by atoms with van der Waals surface area (Å²) >= 11 is 13.3. The number of nitrogen functional groups attached to an aromatic ring is 1. The maximum absolute atomic E-state index is 12.3. The summed E-state index contributed by atoms with van der Waals surface area (Å²) in [5.74, 6) is -0.213. The minimum Gasteiger partial charge on any atom is -0.397 e. The van der Waals surface area contributed by atoms with Crippen LogP contribution in [0.15, 0.2) is 59.8 Å². The van der Waals surface area contributed by atoms with Crippen LogP contribution in [-0.2, 0) is 17.9 Å². The van der Waals surface area contributed by atoms with E-state index in [1.807, 2.05) is 24.3 Å². The van der Waals surface area contributed by atoms with Gasteiger partial charge in [0.25, 0.3) is 5.91 Å². The third-order valence-corrected chi connectivity index (χ3v) is 5.42. The van der Waals surface area contributed by atoms with Crippen molar-refractivity contribution in [2.75, 3.05) is 11.1 Å². The van der Waals surface area contributed by atoms with Crippen molar-refractivity contribution >= 4 is 58.0 Å². The Morgan fingerprint density at radius 2 is 2.00 bits per heavy atom. The summed E-state index contributed by atoms with van der Waals surface area (Å²) in [4.78, 5) is 19.1. The summed E-state index contributed by atoms with van der Waals surface area (Å²) in [5.41, 5.74) is 7.86. The Morgan fingerprint density at radius 1 is 1.18 bits per heavy atom. The lowest BCUT2D eigenvalue weighted by molar-refractivity contribution is 0.103. The molecule has 0 bridgehead atoms. The Balaban J connectivity index is 1.49. The Kier molecular flexibility index (Phi) is 6.92. The number of rotatable bonds is 7. The van der Waals surface area contributed by atoms with Crippen LogP contribution in [0, 0.1) is 0 Å². The number of carbonyl (C=O) groups is 1. The monoisotopic (exact) mass is 433 g/mol. The maximum atomic E-state index is 12.3. The van der Waals surface area contributed by atoms with E-state index in [0.717, 1.165) is 10.4 Å². The van der Waals surface area contributed by atoms with Gasteiger partial charge in [-0.2, -0.15) is 0 Å². The van der Waals surface area contributed by atoms with Crippen molar-refractivity contribution in [3.63, 3.8) is 0 Å². The number of nitrogens with one attached hydrogen (secondary N) is 1. The van der Waals surface area contributed by atoms with Crippen LogP contribution in [-0.4, -0.2) is 12.1 Å². The maximum Gasteiger partial charge on any atom is 0.265 e. The highest BCUT2D eigenvalue weighted by atomic mass is 35.5. The molecule has 0 unspecified atom stereocenters. The standard InChI is InChI=1S/C20H17Cl2N3O2S/c21-14-6-5-13(16(22)11-14)9-10-24-27-12-15-7-8-19(28-15)20(26)25-18-4-2-1-3-17(18)23/h1-8,10-11H,9,12,23H2,(H,25,26)/b24-10+. The molecule has 1 heterocycles. The molecule has 3 N–H and O–H groups in total. The minimum atomic E-state index is -0.213. The van der Waals surface area contributed by atoms with Gasteiger partial charge in [0.05, 0.1) is 16.3 Å². The van der Waals surface area contributed by atoms with Gasteiger partial charge in [-0.1, -0.05) is 46.6 Å². The molecule has 0 radical (unpaired) electrons. The number of nitrogens with zero attached hydrogens (tertiary/aromatic N) is 1. The molecule has 1 amide bonds. The lowest BCUT2D eigenvalue weighted by atomic mass is 10.2. The predicted octanol–water partition coefficient (Wildman–Crippen LogP) is 5.63. The number of halogens is 2. The first-order chi connectivity index (χ1) is 13.5. The van der Waals surface area contributed by atoms with E-state index >= 15 is 0 Å².